The lowest BCUT2D eigenvalue weighted by Gasteiger charge is -2.28. The van der Waals surface area contributed by atoms with Gasteiger partial charge in [0, 0.05) is 23.5 Å². The van der Waals surface area contributed by atoms with Gasteiger partial charge in [-0.05, 0) is 42.0 Å². The Hall–Kier alpha value is -3.39. The molecule has 1 saturated heterocycles. The van der Waals surface area contributed by atoms with E-state index in [9.17, 15) is 4.39 Å². The molecule has 0 spiro atoms. The minimum absolute atomic E-state index is 0.155. The maximum absolute atomic E-state index is 13.4. The molecule has 1 aliphatic heterocycles. The maximum Gasteiger partial charge on any atom is 0.217 e. The molecule has 7 heteroatoms. The van der Waals surface area contributed by atoms with Crippen LogP contribution < -0.4 is 0 Å². The summed E-state index contributed by atoms with van der Waals surface area (Å²) in [6.45, 7) is 1.30. The lowest BCUT2D eigenvalue weighted by molar-refractivity contribution is -0.235. The molecule has 1 fully saturated rings. The van der Waals surface area contributed by atoms with Crippen LogP contribution >= 0.6 is 0 Å². The third kappa shape index (κ3) is 4.60. The first-order valence-electron chi connectivity index (χ1n) is 10.4. The fourth-order valence-corrected chi connectivity index (χ4v) is 3.58. The number of hydrogen-bond donors (Lipinski definition) is 1. The number of halogens is 1. The summed E-state index contributed by atoms with van der Waals surface area (Å²) in [5.74, 6) is 0.258. The fraction of sp³-hybridized carbons (Fsp3) is 0.200. The van der Waals surface area contributed by atoms with Crippen LogP contribution in [0, 0.1) is 5.82 Å². The monoisotopic (exact) mass is 431 g/mol. The van der Waals surface area contributed by atoms with E-state index >= 15 is 0 Å². The molecule has 32 heavy (non-hydrogen) atoms. The van der Waals surface area contributed by atoms with Gasteiger partial charge in [-0.25, -0.2) is 9.37 Å². The first-order chi connectivity index (χ1) is 15.8. The number of aromatic amines is 1. The Morgan fingerprint density at radius 1 is 0.906 bits per heavy atom. The normalized spacial score (nSPS) is 18.5. The molecule has 4 aromatic rings. The number of ether oxygens (including phenoxy) is 3. The van der Waals surface area contributed by atoms with E-state index in [1.54, 1.807) is 24.5 Å². The van der Waals surface area contributed by atoms with Crippen LogP contribution in [0.25, 0.3) is 22.5 Å². The Morgan fingerprint density at radius 2 is 1.62 bits per heavy atom. The standard InChI is InChI=1S/C25H22FN3O3/c26-20-8-6-18(7-9-20)22-23(19-10-12-27-13-11-19)29-24(28-22)25-31-15-21(16-32-25)30-14-17-4-2-1-3-5-17/h1-13,21,25H,14-16H2,(H,28,29). The van der Waals surface area contributed by atoms with Crippen LogP contribution in [0.5, 0.6) is 0 Å². The summed E-state index contributed by atoms with van der Waals surface area (Å²) in [6, 6.07) is 20.0. The van der Waals surface area contributed by atoms with Crippen molar-refractivity contribution in [2.75, 3.05) is 13.2 Å². The van der Waals surface area contributed by atoms with Crippen molar-refractivity contribution in [3.63, 3.8) is 0 Å². The third-order valence-electron chi connectivity index (χ3n) is 5.23. The quantitative estimate of drug-likeness (QED) is 0.470. The molecule has 0 unspecified atom stereocenters. The maximum atomic E-state index is 13.4. The Bertz CT molecular complexity index is 1140. The van der Waals surface area contributed by atoms with Crippen LogP contribution in [0.3, 0.4) is 0 Å². The molecule has 3 heterocycles. The summed E-state index contributed by atoms with van der Waals surface area (Å²) in [7, 11) is 0. The second kappa shape index (κ2) is 9.40. The predicted octanol–water partition coefficient (Wildman–Crippen LogP) is 4.91. The van der Waals surface area contributed by atoms with Crippen LogP contribution in [-0.4, -0.2) is 34.3 Å². The summed E-state index contributed by atoms with van der Waals surface area (Å²) >= 11 is 0. The zero-order valence-corrected chi connectivity index (χ0v) is 17.3. The fourth-order valence-electron chi connectivity index (χ4n) is 3.58. The van der Waals surface area contributed by atoms with Gasteiger partial charge < -0.3 is 19.2 Å². The Morgan fingerprint density at radius 3 is 2.34 bits per heavy atom. The number of imidazole rings is 1. The smallest absolute Gasteiger partial charge is 0.217 e. The summed E-state index contributed by atoms with van der Waals surface area (Å²) < 4.78 is 31.2. The summed E-state index contributed by atoms with van der Waals surface area (Å²) in [5.41, 5.74) is 4.30. The van der Waals surface area contributed by atoms with Gasteiger partial charge in [-0.15, -0.1) is 0 Å². The van der Waals surface area contributed by atoms with Crippen LogP contribution in [0.4, 0.5) is 4.39 Å². The highest BCUT2D eigenvalue weighted by atomic mass is 19.1. The molecule has 162 valence electrons. The van der Waals surface area contributed by atoms with Crippen molar-refractivity contribution in [1.29, 1.82) is 0 Å². The van der Waals surface area contributed by atoms with Gasteiger partial charge in [0.2, 0.25) is 6.29 Å². The van der Waals surface area contributed by atoms with E-state index < -0.39 is 6.29 Å². The van der Waals surface area contributed by atoms with Gasteiger partial charge in [-0.1, -0.05) is 30.3 Å². The summed E-state index contributed by atoms with van der Waals surface area (Å²) in [6.07, 6.45) is 2.64. The van der Waals surface area contributed by atoms with Crippen molar-refractivity contribution in [1.82, 2.24) is 15.0 Å². The van der Waals surface area contributed by atoms with Crippen molar-refractivity contribution in [2.45, 2.75) is 19.0 Å². The molecule has 0 amide bonds. The summed E-state index contributed by atoms with van der Waals surface area (Å²) in [5, 5.41) is 0. The number of benzene rings is 2. The largest absolute Gasteiger partial charge is 0.369 e. The molecule has 0 saturated carbocycles. The molecule has 6 nitrogen and oxygen atoms in total. The second-order valence-electron chi connectivity index (χ2n) is 7.51. The van der Waals surface area contributed by atoms with Gasteiger partial charge in [0.05, 0.1) is 31.2 Å². The Kier molecular flexibility index (Phi) is 6.02. The molecule has 1 aliphatic rings. The van der Waals surface area contributed by atoms with Crippen LogP contribution in [0.2, 0.25) is 0 Å². The molecule has 0 bridgehead atoms. The van der Waals surface area contributed by atoms with Gasteiger partial charge in [0.1, 0.15) is 11.9 Å². The average molecular weight is 431 g/mol. The van der Waals surface area contributed by atoms with E-state index in [0.29, 0.717) is 31.3 Å². The van der Waals surface area contributed by atoms with E-state index in [1.807, 2.05) is 42.5 Å². The molecule has 0 atom stereocenters. The predicted molar refractivity (Wildman–Crippen MR) is 117 cm³/mol. The van der Waals surface area contributed by atoms with E-state index in [4.69, 9.17) is 19.2 Å². The minimum atomic E-state index is -0.638. The molecule has 0 aliphatic carbocycles. The molecular formula is C25H22FN3O3. The van der Waals surface area contributed by atoms with E-state index in [1.165, 1.54) is 12.1 Å². The molecular weight excluding hydrogens is 409 g/mol. The first kappa shape index (κ1) is 20.5. The highest BCUT2D eigenvalue weighted by Gasteiger charge is 2.28. The Labute approximate surface area is 185 Å². The summed E-state index contributed by atoms with van der Waals surface area (Å²) in [4.78, 5) is 12.2. The molecule has 2 aromatic carbocycles. The molecule has 5 rings (SSSR count). The minimum Gasteiger partial charge on any atom is -0.369 e. The zero-order valence-electron chi connectivity index (χ0n) is 17.3. The SMILES string of the molecule is Fc1ccc(-c2nc(C3OCC(OCc4ccccc4)CO3)[nH]c2-c2ccncc2)cc1. The van der Waals surface area contributed by atoms with Crippen molar-refractivity contribution < 1.29 is 18.6 Å². The number of H-pyrrole nitrogens is 1. The van der Waals surface area contributed by atoms with Crippen molar-refractivity contribution in [3.8, 4) is 22.5 Å². The van der Waals surface area contributed by atoms with Crippen LogP contribution in [-0.2, 0) is 20.8 Å². The lowest BCUT2D eigenvalue weighted by Crippen LogP contribution is -2.33. The van der Waals surface area contributed by atoms with Gasteiger partial charge >= 0.3 is 0 Å². The van der Waals surface area contributed by atoms with Crippen molar-refractivity contribution in [3.05, 3.63) is 96.3 Å². The van der Waals surface area contributed by atoms with Crippen molar-refractivity contribution in [2.24, 2.45) is 0 Å². The number of pyridine rings is 1. The topological polar surface area (TPSA) is 69.3 Å². The van der Waals surface area contributed by atoms with Crippen molar-refractivity contribution >= 4 is 0 Å². The van der Waals surface area contributed by atoms with E-state index in [2.05, 4.69) is 9.97 Å². The van der Waals surface area contributed by atoms with Gasteiger partial charge in [-0.3, -0.25) is 4.98 Å². The highest BCUT2D eigenvalue weighted by Crippen LogP contribution is 2.33. The zero-order chi connectivity index (χ0) is 21.8. The highest BCUT2D eigenvalue weighted by molar-refractivity contribution is 5.78. The third-order valence-corrected chi connectivity index (χ3v) is 5.23. The number of nitrogens with zero attached hydrogens (tertiary/aromatic N) is 2. The first-order valence-corrected chi connectivity index (χ1v) is 10.4. The molecule has 0 radical (unpaired) electrons. The van der Waals surface area contributed by atoms with Crippen LogP contribution in [0.1, 0.15) is 17.7 Å². The Balaban J connectivity index is 1.32. The second-order valence-corrected chi connectivity index (χ2v) is 7.51. The molecule has 1 N–H and O–H groups in total. The van der Waals surface area contributed by atoms with Gasteiger partial charge in [0.15, 0.2) is 5.82 Å². The van der Waals surface area contributed by atoms with Crippen LogP contribution in [0.15, 0.2) is 79.1 Å². The average Bonchev–Trinajstić information content (AvgIpc) is 3.30. The van der Waals surface area contributed by atoms with E-state index in [0.717, 1.165) is 22.4 Å². The lowest BCUT2D eigenvalue weighted by atomic mass is 10.1. The number of hydrogen-bond acceptors (Lipinski definition) is 5. The van der Waals surface area contributed by atoms with Gasteiger partial charge in [-0.2, -0.15) is 0 Å². The number of nitrogens with one attached hydrogen (secondary N) is 1. The number of aromatic nitrogens is 3. The number of rotatable bonds is 6. The van der Waals surface area contributed by atoms with Gasteiger partial charge in [0.25, 0.3) is 0 Å². The molecule has 2 aromatic heterocycles. The van der Waals surface area contributed by atoms with E-state index in [-0.39, 0.29) is 11.9 Å².